The molecule has 1 aromatic heterocycles. The van der Waals surface area contributed by atoms with E-state index in [0.717, 1.165) is 43.9 Å². The Hall–Kier alpha value is -0.970. The van der Waals surface area contributed by atoms with Crippen LogP contribution in [-0.4, -0.2) is 31.3 Å². The molecule has 4 heteroatoms. The summed E-state index contributed by atoms with van der Waals surface area (Å²) >= 11 is 0. The lowest BCUT2D eigenvalue weighted by Gasteiger charge is -2.07. The summed E-state index contributed by atoms with van der Waals surface area (Å²) in [5, 5.41) is 3.35. The van der Waals surface area contributed by atoms with Gasteiger partial charge in [-0.05, 0) is 31.5 Å². The summed E-state index contributed by atoms with van der Waals surface area (Å²) in [5.74, 6) is 0. The predicted molar refractivity (Wildman–Crippen MR) is 77.0 cm³/mol. The Morgan fingerprint density at radius 3 is 2.58 bits per heavy atom. The van der Waals surface area contributed by atoms with Crippen LogP contribution in [0.1, 0.15) is 38.1 Å². The molecule has 0 aliphatic rings. The lowest BCUT2D eigenvalue weighted by molar-refractivity contribution is 0.0397. The zero-order valence-electron chi connectivity index (χ0n) is 12.2. The molecule has 0 amide bonds. The number of rotatable bonds is 11. The molecule has 0 saturated carbocycles. The zero-order valence-corrected chi connectivity index (χ0v) is 12.2. The van der Waals surface area contributed by atoms with E-state index in [0.29, 0.717) is 19.8 Å². The summed E-state index contributed by atoms with van der Waals surface area (Å²) in [6.45, 7) is 8.75. The Labute approximate surface area is 116 Å². The van der Waals surface area contributed by atoms with Crippen LogP contribution < -0.4 is 5.32 Å². The molecule has 1 N–H and O–H groups in total. The number of pyridine rings is 1. The van der Waals surface area contributed by atoms with E-state index in [4.69, 9.17) is 9.47 Å². The van der Waals surface area contributed by atoms with E-state index in [2.05, 4.69) is 24.1 Å². The summed E-state index contributed by atoms with van der Waals surface area (Å²) < 4.78 is 10.9. The molecule has 0 atom stereocenters. The van der Waals surface area contributed by atoms with E-state index in [-0.39, 0.29) is 0 Å². The van der Waals surface area contributed by atoms with Crippen molar-refractivity contribution in [2.75, 3.05) is 26.4 Å². The van der Waals surface area contributed by atoms with Crippen molar-refractivity contribution in [1.29, 1.82) is 0 Å². The Morgan fingerprint density at radius 1 is 1.00 bits per heavy atom. The fraction of sp³-hybridized carbons (Fsp3) is 0.667. The van der Waals surface area contributed by atoms with Crippen molar-refractivity contribution >= 4 is 0 Å². The zero-order chi connectivity index (χ0) is 13.8. The third-order valence-corrected chi connectivity index (χ3v) is 2.57. The largest absolute Gasteiger partial charge is 0.379 e. The van der Waals surface area contributed by atoms with Gasteiger partial charge in [0.05, 0.1) is 31.2 Å². The van der Waals surface area contributed by atoms with Crippen molar-refractivity contribution in [1.82, 2.24) is 10.3 Å². The monoisotopic (exact) mass is 266 g/mol. The van der Waals surface area contributed by atoms with Crippen molar-refractivity contribution in [2.45, 2.75) is 39.8 Å². The van der Waals surface area contributed by atoms with E-state index < -0.39 is 0 Å². The Kier molecular flexibility index (Phi) is 9.23. The molecule has 1 aromatic rings. The molecule has 0 spiro atoms. The van der Waals surface area contributed by atoms with Gasteiger partial charge in [-0.1, -0.05) is 19.9 Å². The van der Waals surface area contributed by atoms with Gasteiger partial charge in [0.25, 0.3) is 0 Å². The quantitative estimate of drug-likeness (QED) is 0.625. The summed E-state index contributed by atoms with van der Waals surface area (Å²) in [6.07, 6.45) is 2.19. The Bertz CT molecular complexity index is 332. The first-order valence-electron chi connectivity index (χ1n) is 7.17. The van der Waals surface area contributed by atoms with Gasteiger partial charge in [-0.25, -0.2) is 0 Å². The summed E-state index contributed by atoms with van der Waals surface area (Å²) in [6, 6.07) is 6.06. The van der Waals surface area contributed by atoms with Gasteiger partial charge in [0.1, 0.15) is 0 Å². The van der Waals surface area contributed by atoms with Crippen LogP contribution in [0.15, 0.2) is 18.2 Å². The van der Waals surface area contributed by atoms with Gasteiger partial charge >= 0.3 is 0 Å². The molecule has 1 rings (SSSR count). The first kappa shape index (κ1) is 16.1. The van der Waals surface area contributed by atoms with E-state index in [1.165, 1.54) is 0 Å². The Morgan fingerprint density at radius 2 is 1.79 bits per heavy atom. The average Bonchev–Trinajstić information content (AvgIpc) is 2.43. The van der Waals surface area contributed by atoms with Gasteiger partial charge in [0, 0.05) is 13.2 Å². The molecule has 0 aliphatic carbocycles. The van der Waals surface area contributed by atoms with Gasteiger partial charge in [-0.3, -0.25) is 4.98 Å². The smallest absolute Gasteiger partial charge is 0.0889 e. The van der Waals surface area contributed by atoms with E-state index in [9.17, 15) is 0 Å². The molecule has 0 aromatic carbocycles. The third-order valence-electron chi connectivity index (χ3n) is 2.57. The first-order valence-corrected chi connectivity index (χ1v) is 7.17. The highest BCUT2D eigenvalue weighted by Gasteiger charge is 1.98. The number of nitrogens with zero attached hydrogens (tertiary/aromatic N) is 1. The molecule has 4 nitrogen and oxygen atoms in total. The maximum Gasteiger partial charge on any atom is 0.0889 e. The normalized spacial score (nSPS) is 10.8. The van der Waals surface area contributed by atoms with E-state index in [1.807, 2.05) is 18.2 Å². The van der Waals surface area contributed by atoms with Crippen LogP contribution in [0, 0.1) is 0 Å². The fourth-order valence-electron chi connectivity index (χ4n) is 1.64. The van der Waals surface area contributed by atoms with Crippen molar-refractivity contribution in [3.8, 4) is 0 Å². The van der Waals surface area contributed by atoms with Crippen LogP contribution in [0.3, 0.4) is 0 Å². The molecule has 0 fully saturated rings. The maximum absolute atomic E-state index is 5.54. The summed E-state index contributed by atoms with van der Waals surface area (Å²) in [4.78, 5) is 4.55. The van der Waals surface area contributed by atoms with Gasteiger partial charge in [-0.2, -0.15) is 0 Å². The van der Waals surface area contributed by atoms with E-state index >= 15 is 0 Å². The van der Waals surface area contributed by atoms with Gasteiger partial charge in [-0.15, -0.1) is 0 Å². The number of nitrogens with one attached hydrogen (secondary N) is 1. The predicted octanol–water partition coefficient (Wildman–Crippen LogP) is 2.52. The summed E-state index contributed by atoms with van der Waals surface area (Å²) in [7, 11) is 0. The van der Waals surface area contributed by atoms with Crippen LogP contribution >= 0.6 is 0 Å². The van der Waals surface area contributed by atoms with Crippen LogP contribution in [-0.2, 0) is 22.6 Å². The second-order valence-corrected chi connectivity index (χ2v) is 4.46. The fourth-order valence-corrected chi connectivity index (χ4v) is 1.64. The Balaban J connectivity index is 2.20. The summed E-state index contributed by atoms with van der Waals surface area (Å²) in [5.41, 5.74) is 2.04. The second kappa shape index (κ2) is 10.9. The maximum atomic E-state index is 5.54. The topological polar surface area (TPSA) is 43.4 Å². The highest BCUT2D eigenvalue weighted by Crippen LogP contribution is 2.01. The lowest BCUT2D eigenvalue weighted by atomic mass is 10.3. The number of aromatic nitrogens is 1. The third kappa shape index (κ3) is 7.93. The van der Waals surface area contributed by atoms with Crippen LogP contribution in [0.25, 0.3) is 0 Å². The SMILES string of the molecule is CCCNCc1cccc(COCCOCCC)n1. The van der Waals surface area contributed by atoms with Crippen LogP contribution in [0.5, 0.6) is 0 Å². The minimum Gasteiger partial charge on any atom is -0.379 e. The second-order valence-electron chi connectivity index (χ2n) is 4.46. The molecular weight excluding hydrogens is 240 g/mol. The van der Waals surface area contributed by atoms with E-state index in [1.54, 1.807) is 0 Å². The first-order chi connectivity index (χ1) is 9.36. The molecule has 19 heavy (non-hydrogen) atoms. The van der Waals surface area contributed by atoms with Gasteiger partial charge in [0.15, 0.2) is 0 Å². The highest BCUT2D eigenvalue weighted by molar-refractivity contribution is 5.10. The van der Waals surface area contributed by atoms with Crippen molar-refractivity contribution in [2.24, 2.45) is 0 Å². The van der Waals surface area contributed by atoms with Crippen molar-refractivity contribution in [3.63, 3.8) is 0 Å². The van der Waals surface area contributed by atoms with Crippen molar-refractivity contribution in [3.05, 3.63) is 29.6 Å². The minimum absolute atomic E-state index is 0.553. The molecule has 0 saturated heterocycles. The minimum atomic E-state index is 0.553. The molecule has 0 bridgehead atoms. The average molecular weight is 266 g/mol. The standard InChI is InChI=1S/C15H26N2O2/c1-3-8-16-12-14-6-5-7-15(17-14)13-19-11-10-18-9-4-2/h5-7,16H,3-4,8-13H2,1-2H3. The van der Waals surface area contributed by atoms with Crippen molar-refractivity contribution < 1.29 is 9.47 Å². The van der Waals surface area contributed by atoms with Gasteiger partial charge < -0.3 is 14.8 Å². The molecule has 1 heterocycles. The number of hydrogen-bond donors (Lipinski definition) is 1. The van der Waals surface area contributed by atoms with Crippen LogP contribution in [0.2, 0.25) is 0 Å². The molecule has 108 valence electrons. The number of hydrogen-bond acceptors (Lipinski definition) is 4. The number of ether oxygens (including phenoxy) is 2. The molecule has 0 unspecified atom stereocenters. The van der Waals surface area contributed by atoms with Crippen LogP contribution in [0.4, 0.5) is 0 Å². The molecule has 0 aliphatic heterocycles. The van der Waals surface area contributed by atoms with Gasteiger partial charge in [0.2, 0.25) is 0 Å². The molecular formula is C15H26N2O2. The molecule has 0 radical (unpaired) electrons. The highest BCUT2D eigenvalue weighted by atomic mass is 16.5. The lowest BCUT2D eigenvalue weighted by Crippen LogP contribution is -2.15.